The van der Waals surface area contributed by atoms with Crippen molar-refractivity contribution in [3.63, 3.8) is 0 Å². The van der Waals surface area contributed by atoms with Crippen LogP contribution in [0.3, 0.4) is 0 Å². The predicted molar refractivity (Wildman–Crippen MR) is 113 cm³/mol. The molecule has 8 heteroatoms. The topological polar surface area (TPSA) is 68.2 Å². The maximum atomic E-state index is 13.4. The maximum Gasteiger partial charge on any atom is 0.254 e. The second kappa shape index (κ2) is 8.53. The summed E-state index contributed by atoms with van der Waals surface area (Å²) in [7, 11) is 0. The Hall–Kier alpha value is -1.41. The number of nitrogens with one attached hydrogen (secondary N) is 2. The van der Waals surface area contributed by atoms with Gasteiger partial charge in [-0.05, 0) is 44.4 Å². The summed E-state index contributed by atoms with van der Waals surface area (Å²) < 4.78 is 7.84. The van der Waals surface area contributed by atoms with Crippen LogP contribution in [-0.2, 0) is 11.3 Å². The summed E-state index contributed by atoms with van der Waals surface area (Å²) in [5, 5.41) is 11.6. The molecule has 0 aliphatic carbocycles. The summed E-state index contributed by atoms with van der Waals surface area (Å²) in [4.78, 5) is 14.6. The first-order valence-electron chi connectivity index (χ1n) is 9.96. The molecule has 2 aliphatic heterocycles. The van der Waals surface area contributed by atoms with E-state index in [4.69, 9.17) is 21.4 Å². The van der Waals surface area contributed by atoms with E-state index in [1.165, 1.54) is 0 Å². The normalized spacial score (nSPS) is 22.1. The molecule has 2 aromatic heterocycles. The third kappa shape index (κ3) is 4.27. The van der Waals surface area contributed by atoms with Crippen molar-refractivity contribution in [3.05, 3.63) is 33.1 Å². The monoisotopic (exact) mass is 422 g/mol. The van der Waals surface area contributed by atoms with Gasteiger partial charge in [-0.2, -0.15) is 9.78 Å². The van der Waals surface area contributed by atoms with E-state index in [0.717, 1.165) is 59.5 Å². The highest BCUT2D eigenvalue weighted by atomic mass is 35.5. The molecule has 0 spiro atoms. The highest BCUT2D eigenvalue weighted by Crippen LogP contribution is 2.34. The first-order valence-corrected chi connectivity index (χ1v) is 11.2. The van der Waals surface area contributed by atoms with Crippen molar-refractivity contribution in [1.29, 1.82) is 0 Å². The molecule has 2 aliphatic rings. The predicted octanol–water partition coefficient (Wildman–Crippen LogP) is 4.13. The number of anilines is 1. The molecule has 4 rings (SSSR count). The van der Waals surface area contributed by atoms with Gasteiger partial charge in [0, 0.05) is 36.6 Å². The van der Waals surface area contributed by atoms with Crippen LogP contribution in [0.25, 0.3) is 0 Å². The zero-order chi connectivity index (χ0) is 19.6. The summed E-state index contributed by atoms with van der Waals surface area (Å²) in [5.41, 5.74) is 0.553. The van der Waals surface area contributed by atoms with Gasteiger partial charge in [0.05, 0.1) is 22.0 Å². The van der Waals surface area contributed by atoms with Gasteiger partial charge in [-0.15, -0.1) is 11.3 Å². The highest BCUT2D eigenvalue weighted by Gasteiger charge is 2.38. The number of nitrogens with zero attached hydrogens (tertiary/aromatic N) is 2. The van der Waals surface area contributed by atoms with Gasteiger partial charge in [0.15, 0.2) is 0 Å². The molecule has 2 N–H and O–H groups in total. The minimum Gasteiger partial charge on any atom is -0.381 e. The Balaban J connectivity index is 1.59. The van der Waals surface area contributed by atoms with Crippen molar-refractivity contribution in [2.24, 2.45) is 5.41 Å². The summed E-state index contributed by atoms with van der Waals surface area (Å²) >= 11 is 7.59. The average Bonchev–Trinajstić information content (AvgIpc) is 3.33. The van der Waals surface area contributed by atoms with Crippen LogP contribution < -0.4 is 10.6 Å². The van der Waals surface area contributed by atoms with Crippen LogP contribution >= 0.6 is 22.9 Å². The number of ether oxygens (including phenoxy) is 1. The molecule has 1 atom stereocenters. The lowest BCUT2D eigenvalue weighted by Crippen LogP contribution is -2.39. The quantitative estimate of drug-likeness (QED) is 0.758. The maximum absolute atomic E-state index is 13.4. The lowest BCUT2D eigenvalue weighted by atomic mass is 9.81. The van der Waals surface area contributed by atoms with Crippen molar-refractivity contribution in [1.82, 2.24) is 15.1 Å². The minimum absolute atomic E-state index is 0.0533. The summed E-state index contributed by atoms with van der Waals surface area (Å²) in [6, 6.07) is 5.95. The number of rotatable bonds is 5. The zero-order valence-corrected chi connectivity index (χ0v) is 17.7. The van der Waals surface area contributed by atoms with Crippen molar-refractivity contribution in [3.8, 4) is 0 Å². The van der Waals surface area contributed by atoms with Gasteiger partial charge in [-0.1, -0.05) is 18.5 Å². The number of hydrogen-bond donors (Lipinski definition) is 2. The molecule has 6 nitrogen and oxygen atoms in total. The van der Waals surface area contributed by atoms with Gasteiger partial charge in [-0.25, -0.2) is 0 Å². The van der Waals surface area contributed by atoms with Crippen LogP contribution in [0, 0.1) is 5.41 Å². The fourth-order valence-corrected chi connectivity index (χ4v) is 4.93. The molecule has 2 saturated heterocycles. The second-order valence-electron chi connectivity index (χ2n) is 7.95. The van der Waals surface area contributed by atoms with E-state index in [9.17, 15) is 4.79 Å². The number of halogens is 1. The van der Waals surface area contributed by atoms with Gasteiger partial charge >= 0.3 is 0 Å². The van der Waals surface area contributed by atoms with Gasteiger partial charge in [-0.3, -0.25) is 4.79 Å². The molecule has 0 radical (unpaired) electrons. The fourth-order valence-electron chi connectivity index (χ4n) is 3.90. The standard InChI is InChI=1S/C20H27ClN4O2S/c1-20(6-9-27-10-7-20)19(26)25-18(23-13-15-4-5-17(21)28-15)11-16(24-25)14-3-2-8-22-12-14/h4-5,11,14,22-23H,2-3,6-10,12-13H2,1H3. The first-order chi connectivity index (χ1) is 13.5. The third-order valence-electron chi connectivity index (χ3n) is 5.82. The van der Waals surface area contributed by atoms with Crippen molar-refractivity contribution < 1.29 is 9.53 Å². The zero-order valence-electron chi connectivity index (χ0n) is 16.2. The Kier molecular flexibility index (Phi) is 6.06. The van der Waals surface area contributed by atoms with Gasteiger partial charge < -0.3 is 15.4 Å². The van der Waals surface area contributed by atoms with E-state index < -0.39 is 5.41 Å². The van der Waals surface area contributed by atoms with Crippen LogP contribution in [0.5, 0.6) is 0 Å². The Morgan fingerprint density at radius 3 is 2.96 bits per heavy atom. The van der Waals surface area contributed by atoms with E-state index in [1.807, 2.05) is 25.1 Å². The molecular weight excluding hydrogens is 396 g/mol. The van der Waals surface area contributed by atoms with E-state index in [-0.39, 0.29) is 5.91 Å². The Morgan fingerprint density at radius 2 is 2.29 bits per heavy atom. The van der Waals surface area contributed by atoms with Gasteiger partial charge in [0.2, 0.25) is 0 Å². The van der Waals surface area contributed by atoms with E-state index in [0.29, 0.717) is 25.7 Å². The molecule has 28 heavy (non-hydrogen) atoms. The van der Waals surface area contributed by atoms with E-state index >= 15 is 0 Å². The van der Waals surface area contributed by atoms with Crippen LogP contribution in [-0.4, -0.2) is 42.0 Å². The van der Waals surface area contributed by atoms with Crippen LogP contribution in [0.4, 0.5) is 5.82 Å². The number of carbonyl (C=O) groups excluding carboxylic acids is 1. The number of thiophene rings is 1. The molecule has 0 aromatic carbocycles. The first kappa shape index (κ1) is 19.9. The second-order valence-corrected chi connectivity index (χ2v) is 9.75. The molecular formula is C20H27ClN4O2S. The van der Waals surface area contributed by atoms with Crippen LogP contribution in [0.1, 0.15) is 53.9 Å². The molecule has 0 saturated carbocycles. The van der Waals surface area contributed by atoms with Crippen molar-refractivity contribution in [2.45, 2.75) is 45.1 Å². The molecule has 4 heterocycles. The molecule has 2 aromatic rings. The third-order valence-corrected chi connectivity index (χ3v) is 7.05. The lowest BCUT2D eigenvalue weighted by Gasteiger charge is -2.31. The Bertz CT molecular complexity index is 822. The SMILES string of the molecule is CC1(C(=O)n2nc(C3CCCNC3)cc2NCc2ccc(Cl)s2)CCOCC1. The van der Waals surface area contributed by atoms with Crippen LogP contribution in [0.2, 0.25) is 4.34 Å². The van der Waals surface area contributed by atoms with E-state index in [1.54, 1.807) is 16.0 Å². The van der Waals surface area contributed by atoms with Crippen molar-refractivity contribution in [2.75, 3.05) is 31.6 Å². The summed E-state index contributed by atoms with van der Waals surface area (Å²) in [5.74, 6) is 1.17. The lowest BCUT2D eigenvalue weighted by molar-refractivity contribution is 0.0168. The van der Waals surface area contributed by atoms with Gasteiger partial charge in [0.1, 0.15) is 5.82 Å². The Labute approximate surface area is 174 Å². The number of carbonyl (C=O) groups is 1. The van der Waals surface area contributed by atoms with Crippen LogP contribution in [0.15, 0.2) is 18.2 Å². The summed E-state index contributed by atoms with van der Waals surface area (Å²) in [6.45, 7) is 5.87. The Morgan fingerprint density at radius 1 is 1.46 bits per heavy atom. The molecule has 0 bridgehead atoms. The fraction of sp³-hybridized carbons (Fsp3) is 0.600. The molecule has 1 unspecified atom stereocenters. The molecule has 152 valence electrons. The average molecular weight is 423 g/mol. The number of aromatic nitrogens is 2. The molecule has 2 fully saturated rings. The largest absolute Gasteiger partial charge is 0.381 e. The van der Waals surface area contributed by atoms with E-state index in [2.05, 4.69) is 10.6 Å². The van der Waals surface area contributed by atoms with Crippen molar-refractivity contribution >= 4 is 34.7 Å². The smallest absolute Gasteiger partial charge is 0.254 e. The molecule has 0 amide bonds. The minimum atomic E-state index is -0.435. The number of hydrogen-bond acceptors (Lipinski definition) is 6. The highest BCUT2D eigenvalue weighted by molar-refractivity contribution is 7.16. The number of piperidine rings is 1. The van der Waals surface area contributed by atoms with Gasteiger partial charge in [0.25, 0.3) is 5.91 Å². The summed E-state index contributed by atoms with van der Waals surface area (Å²) in [6.07, 6.45) is 3.69.